The van der Waals surface area contributed by atoms with E-state index in [9.17, 15) is 0 Å². The molecule has 1 aliphatic carbocycles. The van der Waals surface area contributed by atoms with Crippen molar-refractivity contribution >= 4 is 17.3 Å². The Labute approximate surface area is 120 Å². The molecule has 2 N–H and O–H groups in total. The van der Waals surface area contributed by atoms with Crippen LogP contribution in [0.1, 0.15) is 37.7 Å². The van der Waals surface area contributed by atoms with E-state index in [2.05, 4.69) is 17.0 Å². The van der Waals surface area contributed by atoms with Gasteiger partial charge in [-0.2, -0.15) is 0 Å². The van der Waals surface area contributed by atoms with Gasteiger partial charge in [0.1, 0.15) is 0 Å². The van der Waals surface area contributed by atoms with Gasteiger partial charge in [0, 0.05) is 19.6 Å². The number of hydrogen-bond donors (Lipinski definition) is 1. The van der Waals surface area contributed by atoms with E-state index in [1.54, 1.807) is 0 Å². The number of halogens is 1. The minimum absolute atomic E-state index is 0.560. The second-order valence-electron chi connectivity index (χ2n) is 6.03. The molecule has 0 spiro atoms. The summed E-state index contributed by atoms with van der Waals surface area (Å²) in [6.45, 7) is 2.90. The van der Waals surface area contributed by atoms with Gasteiger partial charge in [-0.3, -0.25) is 0 Å². The summed E-state index contributed by atoms with van der Waals surface area (Å²) in [6.07, 6.45) is 7.03. The van der Waals surface area contributed by atoms with Gasteiger partial charge < -0.3 is 10.6 Å². The second kappa shape index (κ2) is 5.72. The van der Waals surface area contributed by atoms with Crippen molar-refractivity contribution in [1.29, 1.82) is 0 Å². The van der Waals surface area contributed by atoms with Crippen molar-refractivity contribution < 1.29 is 0 Å². The summed E-state index contributed by atoms with van der Waals surface area (Å²) in [5.74, 6) is 1.85. The molecule has 1 saturated heterocycles. The molecule has 1 saturated carbocycles. The molecule has 1 aliphatic heterocycles. The van der Waals surface area contributed by atoms with E-state index in [1.807, 2.05) is 6.07 Å². The average Bonchev–Trinajstić information content (AvgIpc) is 2.46. The van der Waals surface area contributed by atoms with Crippen molar-refractivity contribution in [2.24, 2.45) is 17.6 Å². The lowest BCUT2D eigenvalue weighted by molar-refractivity contribution is 0.202. The fraction of sp³-hybridized carbons (Fsp3) is 0.625. The fourth-order valence-corrected chi connectivity index (χ4v) is 4.08. The van der Waals surface area contributed by atoms with Crippen LogP contribution in [0.4, 0.5) is 5.69 Å². The number of nitrogens with zero attached hydrogens (tertiary/aromatic N) is 1. The van der Waals surface area contributed by atoms with Crippen LogP contribution in [-0.2, 0) is 6.54 Å². The van der Waals surface area contributed by atoms with Crippen LogP contribution in [0.5, 0.6) is 0 Å². The molecule has 3 heteroatoms. The summed E-state index contributed by atoms with van der Waals surface area (Å²) in [5.41, 5.74) is 7.97. The first kappa shape index (κ1) is 13.3. The maximum Gasteiger partial charge on any atom is 0.0642 e. The Morgan fingerprint density at radius 1 is 1.16 bits per heavy atom. The predicted octanol–water partition coefficient (Wildman–Crippen LogP) is 3.82. The first-order valence-corrected chi connectivity index (χ1v) is 7.89. The van der Waals surface area contributed by atoms with E-state index < -0.39 is 0 Å². The summed E-state index contributed by atoms with van der Waals surface area (Å²) in [4.78, 5) is 2.48. The lowest BCUT2D eigenvalue weighted by Crippen LogP contribution is -2.41. The maximum atomic E-state index is 6.42. The van der Waals surface area contributed by atoms with Crippen LogP contribution >= 0.6 is 11.6 Å². The maximum absolute atomic E-state index is 6.42. The molecule has 1 aromatic carbocycles. The summed E-state index contributed by atoms with van der Waals surface area (Å²) < 4.78 is 0. The predicted molar refractivity (Wildman–Crippen MR) is 81.6 cm³/mol. The van der Waals surface area contributed by atoms with Crippen LogP contribution < -0.4 is 10.6 Å². The van der Waals surface area contributed by atoms with Gasteiger partial charge in [-0.25, -0.2) is 0 Å². The van der Waals surface area contributed by atoms with Gasteiger partial charge in [0.25, 0.3) is 0 Å². The zero-order valence-corrected chi connectivity index (χ0v) is 12.2. The number of rotatable bonds is 2. The molecular weight excluding hydrogens is 256 g/mol. The van der Waals surface area contributed by atoms with Crippen LogP contribution in [0.15, 0.2) is 18.2 Å². The average molecular weight is 279 g/mol. The Hall–Kier alpha value is -0.730. The van der Waals surface area contributed by atoms with E-state index in [1.165, 1.54) is 44.3 Å². The summed E-state index contributed by atoms with van der Waals surface area (Å²) in [6, 6.07) is 6.27. The molecule has 0 aromatic heterocycles. The Morgan fingerprint density at radius 3 is 2.68 bits per heavy atom. The summed E-state index contributed by atoms with van der Waals surface area (Å²) >= 11 is 6.42. The molecule has 2 atom stereocenters. The van der Waals surface area contributed by atoms with Crippen LogP contribution in [-0.4, -0.2) is 13.1 Å². The Morgan fingerprint density at radius 2 is 1.95 bits per heavy atom. The smallest absolute Gasteiger partial charge is 0.0642 e. The van der Waals surface area contributed by atoms with Crippen LogP contribution in [0.2, 0.25) is 5.02 Å². The van der Waals surface area contributed by atoms with Crippen molar-refractivity contribution in [2.75, 3.05) is 18.0 Å². The quantitative estimate of drug-likeness (QED) is 0.891. The van der Waals surface area contributed by atoms with E-state index in [0.717, 1.165) is 29.0 Å². The van der Waals surface area contributed by atoms with E-state index in [-0.39, 0.29) is 0 Å². The molecule has 2 nitrogen and oxygen atoms in total. The third-order valence-electron chi connectivity index (χ3n) is 4.88. The van der Waals surface area contributed by atoms with Crippen molar-refractivity contribution in [3.8, 4) is 0 Å². The summed E-state index contributed by atoms with van der Waals surface area (Å²) in [5, 5.41) is 0.859. The molecule has 0 radical (unpaired) electrons. The molecule has 2 fully saturated rings. The number of anilines is 1. The molecule has 0 amide bonds. The first-order chi connectivity index (χ1) is 9.28. The van der Waals surface area contributed by atoms with Gasteiger partial charge in [0.05, 0.1) is 10.7 Å². The van der Waals surface area contributed by atoms with Gasteiger partial charge in [0.2, 0.25) is 0 Å². The number of nitrogens with two attached hydrogens (primary N) is 1. The van der Waals surface area contributed by atoms with Gasteiger partial charge in [-0.05, 0) is 42.4 Å². The molecule has 3 rings (SSSR count). The molecule has 0 bridgehead atoms. The van der Waals surface area contributed by atoms with Crippen LogP contribution in [0.25, 0.3) is 0 Å². The molecule has 19 heavy (non-hydrogen) atoms. The Balaban J connectivity index is 1.75. The molecule has 1 aromatic rings. The largest absolute Gasteiger partial charge is 0.370 e. The molecule has 2 unspecified atom stereocenters. The van der Waals surface area contributed by atoms with Gasteiger partial charge in [-0.15, -0.1) is 0 Å². The number of piperidine rings is 1. The second-order valence-corrected chi connectivity index (χ2v) is 6.44. The van der Waals surface area contributed by atoms with E-state index >= 15 is 0 Å². The first-order valence-electron chi connectivity index (χ1n) is 7.51. The molecule has 104 valence electrons. The minimum atomic E-state index is 0.560. The highest BCUT2D eigenvalue weighted by Crippen LogP contribution is 2.39. The lowest BCUT2D eigenvalue weighted by Gasteiger charge is -2.42. The molecular formula is C16H23ClN2. The zero-order valence-electron chi connectivity index (χ0n) is 11.4. The highest BCUT2D eigenvalue weighted by atomic mass is 35.5. The lowest BCUT2D eigenvalue weighted by atomic mass is 9.75. The Bertz CT molecular complexity index is 446. The normalized spacial score (nSPS) is 27.2. The van der Waals surface area contributed by atoms with Gasteiger partial charge >= 0.3 is 0 Å². The van der Waals surface area contributed by atoms with Crippen molar-refractivity contribution in [2.45, 2.75) is 38.6 Å². The minimum Gasteiger partial charge on any atom is -0.370 e. The monoisotopic (exact) mass is 278 g/mol. The van der Waals surface area contributed by atoms with Crippen LogP contribution in [0, 0.1) is 11.8 Å². The number of fused-ring (bicyclic) bond motifs is 1. The van der Waals surface area contributed by atoms with Gasteiger partial charge in [0.15, 0.2) is 0 Å². The SMILES string of the molecule is NCc1ccc(N2CCC3CCCCC3C2)c(Cl)c1. The van der Waals surface area contributed by atoms with E-state index in [4.69, 9.17) is 17.3 Å². The number of hydrogen-bond acceptors (Lipinski definition) is 2. The van der Waals surface area contributed by atoms with Crippen LogP contribution in [0.3, 0.4) is 0 Å². The van der Waals surface area contributed by atoms with E-state index in [0.29, 0.717) is 6.54 Å². The van der Waals surface area contributed by atoms with Crippen molar-refractivity contribution in [3.63, 3.8) is 0 Å². The highest BCUT2D eigenvalue weighted by molar-refractivity contribution is 6.33. The topological polar surface area (TPSA) is 29.3 Å². The molecule has 1 heterocycles. The summed E-state index contributed by atoms with van der Waals surface area (Å²) in [7, 11) is 0. The highest BCUT2D eigenvalue weighted by Gasteiger charge is 2.31. The third kappa shape index (κ3) is 2.75. The third-order valence-corrected chi connectivity index (χ3v) is 5.18. The molecule has 2 aliphatic rings. The number of benzene rings is 1. The standard InChI is InChI=1S/C16H23ClN2/c17-15-9-12(10-18)5-6-16(15)19-8-7-13-3-1-2-4-14(13)11-19/h5-6,9,13-14H,1-4,7-8,10-11,18H2. The fourth-order valence-electron chi connectivity index (χ4n) is 3.75. The van der Waals surface area contributed by atoms with Crippen molar-refractivity contribution in [3.05, 3.63) is 28.8 Å². The van der Waals surface area contributed by atoms with Gasteiger partial charge in [-0.1, -0.05) is 36.9 Å². The van der Waals surface area contributed by atoms with Crippen molar-refractivity contribution in [1.82, 2.24) is 0 Å². The Kier molecular flexibility index (Phi) is 3.99. The zero-order chi connectivity index (χ0) is 13.2.